The van der Waals surface area contributed by atoms with Gasteiger partial charge in [0.05, 0.1) is 6.61 Å². The second kappa shape index (κ2) is 10.2. The molecular weight excluding hydrogens is 372 g/mol. The van der Waals surface area contributed by atoms with E-state index in [2.05, 4.69) is 0 Å². The van der Waals surface area contributed by atoms with E-state index in [-0.39, 0.29) is 24.0 Å². The Kier molecular flexibility index (Phi) is 7.38. The maximum Gasteiger partial charge on any atom is 0.303 e. The molecule has 3 rings (SSSR count). The summed E-state index contributed by atoms with van der Waals surface area (Å²) in [6.45, 7) is 0.378. The molecule has 1 heterocycles. The largest absolute Gasteiger partial charge is 0.481 e. The molecule has 1 aliphatic carbocycles. The van der Waals surface area contributed by atoms with E-state index in [0.717, 1.165) is 5.56 Å². The lowest BCUT2D eigenvalue weighted by Crippen LogP contribution is -2.36. The number of ketones is 1. The molecule has 154 valence electrons. The Hall–Kier alpha value is -2.70. The zero-order valence-corrected chi connectivity index (χ0v) is 16.1. The Morgan fingerprint density at radius 2 is 2.10 bits per heavy atom. The van der Waals surface area contributed by atoms with Crippen LogP contribution >= 0.6 is 0 Å². The molecule has 2 N–H and O–H groups in total. The molecule has 6 heteroatoms. The number of carboxylic acid groups (broad SMARTS) is 1. The van der Waals surface area contributed by atoms with E-state index in [0.29, 0.717) is 31.6 Å². The Morgan fingerprint density at radius 3 is 2.93 bits per heavy atom. The molecule has 1 aromatic carbocycles. The lowest BCUT2D eigenvalue weighted by Gasteiger charge is -2.28. The molecular formula is C23H26O6. The van der Waals surface area contributed by atoms with Crippen LogP contribution in [0.2, 0.25) is 0 Å². The SMILES string of the molecule is O=C(O)CCC/C=C\C[C@H]1C(=O)C=C[C@@H]1/C=C/[C@H](O)[C@H]1OCc2ccccc2O1. The number of carboxylic acids is 1. The fourth-order valence-electron chi connectivity index (χ4n) is 3.43. The van der Waals surface area contributed by atoms with Gasteiger partial charge < -0.3 is 19.7 Å². The molecule has 6 nitrogen and oxygen atoms in total. The van der Waals surface area contributed by atoms with Crippen molar-refractivity contribution in [2.75, 3.05) is 0 Å². The predicted molar refractivity (Wildman–Crippen MR) is 107 cm³/mol. The summed E-state index contributed by atoms with van der Waals surface area (Å²) in [5.41, 5.74) is 0.944. The van der Waals surface area contributed by atoms with Crippen LogP contribution in [0.15, 0.2) is 60.7 Å². The number of carbonyl (C=O) groups excluding carboxylic acids is 1. The Morgan fingerprint density at radius 1 is 1.28 bits per heavy atom. The van der Waals surface area contributed by atoms with Gasteiger partial charge in [-0.3, -0.25) is 9.59 Å². The summed E-state index contributed by atoms with van der Waals surface area (Å²) in [5.74, 6) is -0.340. The number of ether oxygens (including phenoxy) is 2. The first kappa shape index (κ1) is 21.0. The molecule has 0 radical (unpaired) electrons. The van der Waals surface area contributed by atoms with E-state index in [1.807, 2.05) is 48.6 Å². The van der Waals surface area contributed by atoms with Crippen LogP contribution in [0.25, 0.3) is 0 Å². The first-order valence-electron chi connectivity index (χ1n) is 9.86. The van der Waals surface area contributed by atoms with E-state index in [4.69, 9.17) is 14.6 Å². The number of hydrogen-bond donors (Lipinski definition) is 2. The third-order valence-electron chi connectivity index (χ3n) is 5.06. The normalized spacial score (nSPS) is 24.7. The monoisotopic (exact) mass is 398 g/mol. The van der Waals surface area contributed by atoms with Crippen molar-refractivity contribution in [2.45, 2.75) is 44.7 Å². The molecule has 0 amide bonds. The quantitative estimate of drug-likeness (QED) is 0.489. The zero-order valence-electron chi connectivity index (χ0n) is 16.1. The number of aliphatic hydroxyl groups excluding tert-OH is 1. The number of benzene rings is 1. The highest BCUT2D eigenvalue weighted by molar-refractivity contribution is 5.95. The molecule has 0 spiro atoms. The van der Waals surface area contributed by atoms with Crippen LogP contribution in [0.5, 0.6) is 5.75 Å². The summed E-state index contributed by atoms with van der Waals surface area (Å²) >= 11 is 0. The van der Waals surface area contributed by atoms with Crippen LogP contribution in [-0.2, 0) is 20.9 Å². The fourth-order valence-corrected chi connectivity index (χ4v) is 3.43. The third kappa shape index (κ3) is 5.89. The number of allylic oxidation sites excluding steroid dienone is 5. The number of fused-ring (bicyclic) bond motifs is 1. The standard InChI is InChI=1S/C23H26O6/c24-19-13-11-16(18(19)8-3-1-2-4-10-22(26)27)12-14-20(25)23-28-15-17-7-5-6-9-21(17)29-23/h1,3,5-7,9,11-14,16,18,20,23,25H,2,4,8,10,15H2,(H,26,27)/b3-1-,14-12+/t16-,18-,20+,23+/m1/s1. The topological polar surface area (TPSA) is 93.1 Å². The van der Waals surface area contributed by atoms with Gasteiger partial charge in [0.1, 0.15) is 11.9 Å². The van der Waals surface area contributed by atoms with Crippen molar-refractivity contribution < 1.29 is 29.3 Å². The molecule has 1 aromatic rings. The molecule has 29 heavy (non-hydrogen) atoms. The number of rotatable bonds is 9. The predicted octanol–water partition coefficient (Wildman–Crippen LogP) is 3.41. The van der Waals surface area contributed by atoms with Gasteiger partial charge in [-0.05, 0) is 31.4 Å². The number of aliphatic carboxylic acids is 1. The van der Waals surface area contributed by atoms with Crippen molar-refractivity contribution in [2.24, 2.45) is 11.8 Å². The zero-order chi connectivity index (χ0) is 20.6. The van der Waals surface area contributed by atoms with Crippen molar-refractivity contribution in [3.63, 3.8) is 0 Å². The van der Waals surface area contributed by atoms with E-state index >= 15 is 0 Å². The lowest BCUT2D eigenvalue weighted by molar-refractivity contribution is -0.152. The first-order chi connectivity index (χ1) is 14.0. The lowest BCUT2D eigenvalue weighted by atomic mass is 9.90. The molecule has 0 unspecified atom stereocenters. The number of para-hydroxylation sites is 1. The Labute approximate surface area is 170 Å². The highest BCUT2D eigenvalue weighted by atomic mass is 16.7. The fraction of sp³-hybridized carbons (Fsp3) is 0.391. The van der Waals surface area contributed by atoms with Crippen LogP contribution in [0.3, 0.4) is 0 Å². The van der Waals surface area contributed by atoms with Crippen LogP contribution in [0.4, 0.5) is 0 Å². The molecule has 4 atom stereocenters. The van der Waals surface area contributed by atoms with E-state index in [9.17, 15) is 14.7 Å². The highest BCUT2D eigenvalue weighted by Gasteiger charge is 2.29. The summed E-state index contributed by atoms with van der Waals surface area (Å²) in [4.78, 5) is 22.6. The van der Waals surface area contributed by atoms with Gasteiger partial charge in [0.25, 0.3) is 0 Å². The summed E-state index contributed by atoms with van der Waals surface area (Å²) in [6, 6.07) is 7.55. The Bertz CT molecular complexity index is 809. The number of aliphatic hydroxyl groups is 1. The molecule has 0 fully saturated rings. The summed E-state index contributed by atoms with van der Waals surface area (Å²) in [7, 11) is 0. The van der Waals surface area contributed by atoms with E-state index < -0.39 is 18.4 Å². The second-order valence-corrected chi connectivity index (χ2v) is 7.22. The van der Waals surface area contributed by atoms with Crippen LogP contribution in [-0.4, -0.2) is 34.4 Å². The minimum atomic E-state index is -0.945. The minimum absolute atomic E-state index is 0.0587. The number of unbranched alkanes of at least 4 members (excludes halogenated alkanes) is 1. The molecule has 0 saturated heterocycles. The maximum atomic E-state index is 12.1. The van der Waals surface area contributed by atoms with Gasteiger partial charge in [0.15, 0.2) is 5.78 Å². The van der Waals surface area contributed by atoms with Crippen molar-refractivity contribution in [1.29, 1.82) is 0 Å². The van der Waals surface area contributed by atoms with Crippen molar-refractivity contribution in [3.05, 3.63) is 66.3 Å². The summed E-state index contributed by atoms with van der Waals surface area (Å²) in [6.07, 6.45) is 11.0. The van der Waals surface area contributed by atoms with Crippen molar-refractivity contribution in [3.8, 4) is 5.75 Å². The van der Waals surface area contributed by atoms with Gasteiger partial charge in [-0.2, -0.15) is 0 Å². The number of hydrogen-bond acceptors (Lipinski definition) is 5. The van der Waals surface area contributed by atoms with E-state index in [1.165, 1.54) is 0 Å². The Balaban J connectivity index is 1.50. The molecule has 0 aromatic heterocycles. The van der Waals surface area contributed by atoms with Gasteiger partial charge in [-0.15, -0.1) is 0 Å². The molecule has 0 saturated carbocycles. The number of carbonyl (C=O) groups is 2. The third-order valence-corrected chi connectivity index (χ3v) is 5.06. The van der Waals surface area contributed by atoms with Gasteiger partial charge >= 0.3 is 5.97 Å². The summed E-state index contributed by atoms with van der Waals surface area (Å²) in [5, 5.41) is 19.1. The average molecular weight is 398 g/mol. The maximum absolute atomic E-state index is 12.1. The minimum Gasteiger partial charge on any atom is -0.481 e. The van der Waals surface area contributed by atoms with Gasteiger partial charge in [0.2, 0.25) is 6.29 Å². The van der Waals surface area contributed by atoms with Crippen molar-refractivity contribution in [1.82, 2.24) is 0 Å². The van der Waals surface area contributed by atoms with Crippen LogP contribution in [0.1, 0.15) is 31.2 Å². The average Bonchev–Trinajstić information content (AvgIpc) is 3.07. The molecule has 1 aliphatic heterocycles. The van der Waals surface area contributed by atoms with Gasteiger partial charge in [-0.25, -0.2) is 0 Å². The van der Waals surface area contributed by atoms with Gasteiger partial charge in [0, 0.05) is 23.8 Å². The highest BCUT2D eigenvalue weighted by Crippen LogP contribution is 2.29. The van der Waals surface area contributed by atoms with Crippen molar-refractivity contribution >= 4 is 11.8 Å². The second-order valence-electron chi connectivity index (χ2n) is 7.22. The van der Waals surface area contributed by atoms with E-state index in [1.54, 1.807) is 12.2 Å². The smallest absolute Gasteiger partial charge is 0.303 e. The summed E-state index contributed by atoms with van der Waals surface area (Å²) < 4.78 is 11.3. The molecule has 0 bridgehead atoms. The van der Waals surface area contributed by atoms with Crippen LogP contribution in [0, 0.1) is 11.8 Å². The van der Waals surface area contributed by atoms with Gasteiger partial charge in [-0.1, -0.05) is 48.6 Å². The molecule has 2 aliphatic rings. The van der Waals surface area contributed by atoms with Crippen LogP contribution < -0.4 is 4.74 Å². The first-order valence-corrected chi connectivity index (χ1v) is 9.86.